The maximum atomic E-state index is 12.4. The van der Waals surface area contributed by atoms with Crippen molar-refractivity contribution >= 4 is 17.7 Å². The summed E-state index contributed by atoms with van der Waals surface area (Å²) in [7, 11) is 1.62. The van der Waals surface area contributed by atoms with Crippen LogP contribution in [-0.2, 0) is 4.79 Å². The second kappa shape index (κ2) is 8.33. The first kappa shape index (κ1) is 17.7. The second-order valence-electron chi connectivity index (χ2n) is 6.17. The first-order valence-corrected chi connectivity index (χ1v) is 9.45. The summed E-state index contributed by atoms with van der Waals surface area (Å²) in [6.45, 7) is 1.88. The van der Waals surface area contributed by atoms with Gasteiger partial charge in [-0.1, -0.05) is 31.0 Å². The maximum Gasteiger partial charge on any atom is 0.233 e. The van der Waals surface area contributed by atoms with Crippen molar-refractivity contribution in [2.45, 2.75) is 55.5 Å². The van der Waals surface area contributed by atoms with Crippen LogP contribution in [0.1, 0.15) is 39.0 Å². The minimum atomic E-state index is -0.259. The molecule has 1 N–H and O–H groups in total. The van der Waals surface area contributed by atoms with Crippen LogP contribution in [0.3, 0.4) is 0 Å². The van der Waals surface area contributed by atoms with E-state index in [-0.39, 0.29) is 11.2 Å². The van der Waals surface area contributed by atoms with E-state index in [0.717, 1.165) is 24.3 Å². The third-order valence-corrected chi connectivity index (χ3v) is 5.39. The lowest BCUT2D eigenvalue weighted by atomic mass is 9.95. The van der Waals surface area contributed by atoms with Gasteiger partial charge in [0.1, 0.15) is 5.75 Å². The Kier molecular flexibility index (Phi) is 5.91. The van der Waals surface area contributed by atoms with Crippen molar-refractivity contribution in [2.24, 2.45) is 0 Å². The van der Waals surface area contributed by atoms with Gasteiger partial charge in [-0.2, -0.15) is 4.68 Å². The van der Waals surface area contributed by atoms with E-state index in [9.17, 15) is 4.79 Å². The molecule has 1 aliphatic rings. The van der Waals surface area contributed by atoms with Crippen LogP contribution in [0.2, 0.25) is 0 Å². The summed E-state index contributed by atoms with van der Waals surface area (Å²) in [4.78, 5) is 12.4. The zero-order chi connectivity index (χ0) is 17.6. The van der Waals surface area contributed by atoms with Gasteiger partial charge in [-0.3, -0.25) is 4.79 Å². The van der Waals surface area contributed by atoms with E-state index in [0.29, 0.717) is 11.2 Å². The fraction of sp³-hybridized carbons (Fsp3) is 0.529. The van der Waals surface area contributed by atoms with Gasteiger partial charge in [0, 0.05) is 6.04 Å². The van der Waals surface area contributed by atoms with Crippen LogP contribution < -0.4 is 10.1 Å². The molecule has 134 valence electrons. The zero-order valence-corrected chi connectivity index (χ0v) is 15.3. The fourth-order valence-corrected chi connectivity index (χ4v) is 3.73. The quantitative estimate of drug-likeness (QED) is 0.797. The molecule has 0 saturated heterocycles. The number of rotatable bonds is 6. The summed E-state index contributed by atoms with van der Waals surface area (Å²) < 4.78 is 6.80. The van der Waals surface area contributed by atoms with E-state index in [4.69, 9.17) is 4.74 Å². The molecule has 2 aromatic rings. The van der Waals surface area contributed by atoms with Crippen molar-refractivity contribution in [1.29, 1.82) is 0 Å². The fourth-order valence-electron chi connectivity index (χ4n) is 2.91. The van der Waals surface area contributed by atoms with Crippen molar-refractivity contribution in [3.05, 3.63) is 24.3 Å². The molecule has 0 bridgehead atoms. The smallest absolute Gasteiger partial charge is 0.233 e. The number of nitrogens with zero attached hydrogens (tertiary/aromatic N) is 4. The van der Waals surface area contributed by atoms with Crippen molar-refractivity contribution in [2.75, 3.05) is 7.11 Å². The SMILES string of the molecule is COc1ccc(-n2nnnc2S[C@@H](C)C(=O)NC2CCCCC2)cc1. The van der Waals surface area contributed by atoms with Crippen LogP contribution in [0.15, 0.2) is 29.4 Å². The van der Waals surface area contributed by atoms with Gasteiger partial charge in [-0.25, -0.2) is 0 Å². The van der Waals surface area contributed by atoms with Crippen molar-refractivity contribution in [3.8, 4) is 11.4 Å². The number of thioether (sulfide) groups is 1. The van der Waals surface area contributed by atoms with Crippen LogP contribution in [0, 0.1) is 0 Å². The number of tetrazole rings is 1. The Balaban J connectivity index is 1.64. The summed E-state index contributed by atoms with van der Waals surface area (Å²) in [5.41, 5.74) is 0.827. The Morgan fingerprint density at radius 1 is 1.28 bits per heavy atom. The van der Waals surface area contributed by atoms with Gasteiger partial charge in [-0.15, -0.1) is 5.10 Å². The molecule has 7 nitrogen and oxygen atoms in total. The average Bonchev–Trinajstić information content (AvgIpc) is 3.10. The summed E-state index contributed by atoms with van der Waals surface area (Å²) >= 11 is 1.36. The van der Waals surface area contributed by atoms with E-state index >= 15 is 0 Å². The highest BCUT2D eigenvalue weighted by Gasteiger charge is 2.22. The molecular weight excluding hydrogens is 338 g/mol. The molecule has 1 atom stereocenters. The van der Waals surface area contributed by atoms with E-state index in [1.54, 1.807) is 11.8 Å². The summed E-state index contributed by atoms with van der Waals surface area (Å²) in [6.07, 6.45) is 5.82. The number of aromatic nitrogens is 4. The molecular formula is C17H23N5O2S. The Morgan fingerprint density at radius 2 is 2.00 bits per heavy atom. The van der Waals surface area contributed by atoms with Gasteiger partial charge in [0.05, 0.1) is 18.0 Å². The molecule has 1 aromatic heterocycles. The third-order valence-electron chi connectivity index (χ3n) is 4.36. The largest absolute Gasteiger partial charge is 0.497 e. The highest BCUT2D eigenvalue weighted by Crippen LogP contribution is 2.25. The van der Waals surface area contributed by atoms with Crippen LogP contribution in [-0.4, -0.2) is 44.5 Å². The maximum absolute atomic E-state index is 12.4. The standard InChI is InChI=1S/C17H23N5O2S/c1-12(16(23)18-13-6-4-3-5-7-13)25-17-19-20-21-22(17)14-8-10-15(24-2)11-9-14/h8-13H,3-7H2,1-2H3,(H,18,23)/t12-/m0/s1. The summed E-state index contributed by atoms with van der Waals surface area (Å²) in [5, 5.41) is 15.3. The zero-order valence-electron chi connectivity index (χ0n) is 14.5. The Bertz CT molecular complexity index is 697. The minimum absolute atomic E-state index is 0.0428. The molecule has 0 spiro atoms. The number of hydrogen-bond donors (Lipinski definition) is 1. The van der Waals surface area contributed by atoms with E-state index < -0.39 is 0 Å². The van der Waals surface area contributed by atoms with Crippen LogP contribution in [0.4, 0.5) is 0 Å². The second-order valence-corrected chi connectivity index (χ2v) is 7.48. The van der Waals surface area contributed by atoms with Crippen molar-refractivity contribution in [1.82, 2.24) is 25.5 Å². The van der Waals surface area contributed by atoms with E-state index in [1.165, 1.54) is 31.0 Å². The number of benzene rings is 1. The third kappa shape index (κ3) is 4.50. The molecule has 1 aliphatic carbocycles. The lowest BCUT2D eigenvalue weighted by Crippen LogP contribution is -2.40. The molecule has 1 amide bonds. The molecule has 1 aromatic carbocycles. The van der Waals surface area contributed by atoms with Crippen LogP contribution in [0.5, 0.6) is 5.75 Å². The van der Waals surface area contributed by atoms with E-state index in [2.05, 4.69) is 20.8 Å². The first-order valence-electron chi connectivity index (χ1n) is 8.57. The molecule has 0 unspecified atom stereocenters. The summed E-state index contributed by atoms with van der Waals surface area (Å²) in [6, 6.07) is 7.77. The summed E-state index contributed by atoms with van der Waals surface area (Å²) in [5.74, 6) is 0.812. The molecule has 1 saturated carbocycles. The Labute approximate surface area is 151 Å². The van der Waals surface area contributed by atoms with Gasteiger partial charge in [0.2, 0.25) is 11.1 Å². The number of ether oxygens (including phenoxy) is 1. The van der Waals surface area contributed by atoms with Gasteiger partial charge in [0.25, 0.3) is 0 Å². The minimum Gasteiger partial charge on any atom is -0.497 e. The number of carbonyl (C=O) groups is 1. The lowest BCUT2D eigenvalue weighted by molar-refractivity contribution is -0.121. The Hall–Kier alpha value is -2.09. The average molecular weight is 361 g/mol. The Morgan fingerprint density at radius 3 is 2.68 bits per heavy atom. The normalized spacial score (nSPS) is 16.4. The molecule has 1 heterocycles. The van der Waals surface area contributed by atoms with Crippen LogP contribution in [0.25, 0.3) is 5.69 Å². The van der Waals surface area contributed by atoms with Crippen molar-refractivity contribution in [3.63, 3.8) is 0 Å². The highest BCUT2D eigenvalue weighted by atomic mass is 32.2. The van der Waals surface area contributed by atoms with Crippen LogP contribution >= 0.6 is 11.8 Å². The van der Waals surface area contributed by atoms with Gasteiger partial charge in [0.15, 0.2) is 0 Å². The number of carbonyl (C=O) groups excluding carboxylic acids is 1. The molecule has 8 heteroatoms. The van der Waals surface area contributed by atoms with Gasteiger partial charge < -0.3 is 10.1 Å². The topological polar surface area (TPSA) is 81.9 Å². The first-order chi connectivity index (χ1) is 12.2. The lowest BCUT2D eigenvalue weighted by Gasteiger charge is -2.24. The molecule has 3 rings (SSSR count). The highest BCUT2D eigenvalue weighted by molar-refractivity contribution is 8.00. The molecule has 0 aliphatic heterocycles. The number of methoxy groups -OCH3 is 1. The van der Waals surface area contributed by atoms with Crippen molar-refractivity contribution < 1.29 is 9.53 Å². The van der Waals surface area contributed by atoms with E-state index in [1.807, 2.05) is 31.2 Å². The van der Waals surface area contributed by atoms with Gasteiger partial charge in [-0.05, 0) is 54.5 Å². The molecule has 0 radical (unpaired) electrons. The molecule has 1 fully saturated rings. The monoisotopic (exact) mass is 361 g/mol. The predicted molar refractivity (Wildman–Crippen MR) is 96.0 cm³/mol. The number of nitrogens with one attached hydrogen (secondary N) is 1. The number of hydrogen-bond acceptors (Lipinski definition) is 6. The molecule has 25 heavy (non-hydrogen) atoms. The predicted octanol–water partition coefficient (Wildman–Crippen LogP) is 2.60. The van der Waals surface area contributed by atoms with Gasteiger partial charge >= 0.3 is 0 Å². The number of amides is 1.